The smallest absolute Gasteiger partial charge is 0.0319 e. The Labute approximate surface area is 65.7 Å². The lowest BCUT2D eigenvalue weighted by atomic mass is 10.1. The van der Waals surface area contributed by atoms with Crippen LogP contribution in [0.15, 0.2) is 34.3 Å². The van der Waals surface area contributed by atoms with Crippen LogP contribution in [-0.4, -0.2) is 5.25 Å². The van der Waals surface area contributed by atoms with Crippen molar-refractivity contribution in [1.82, 2.24) is 0 Å². The van der Waals surface area contributed by atoms with Gasteiger partial charge in [-0.3, -0.25) is 0 Å². The number of fused-ring (bicyclic) bond motifs is 1. The average Bonchev–Trinajstić information content (AvgIpc) is 2.39. The van der Waals surface area contributed by atoms with Crippen molar-refractivity contribution in [1.29, 1.82) is 0 Å². The summed E-state index contributed by atoms with van der Waals surface area (Å²) in [6.07, 6.45) is 6.58. The Morgan fingerprint density at radius 2 is 2.30 bits per heavy atom. The van der Waals surface area contributed by atoms with Gasteiger partial charge in [-0.1, -0.05) is 18.2 Å². The predicted octanol–water partition coefficient (Wildman–Crippen LogP) is 2.89. The second kappa shape index (κ2) is 2.03. The van der Waals surface area contributed by atoms with Gasteiger partial charge in [-0.2, -0.15) is 0 Å². The summed E-state index contributed by atoms with van der Waals surface area (Å²) >= 11 is 1.97. The van der Waals surface area contributed by atoms with E-state index in [4.69, 9.17) is 0 Å². The maximum atomic E-state index is 2.26. The van der Waals surface area contributed by atoms with Crippen molar-refractivity contribution in [2.75, 3.05) is 0 Å². The van der Waals surface area contributed by atoms with Crippen molar-refractivity contribution in [3.05, 3.63) is 34.3 Å². The van der Waals surface area contributed by atoms with Crippen molar-refractivity contribution in [2.45, 2.75) is 19.1 Å². The molecule has 0 bridgehead atoms. The first-order chi connectivity index (χ1) is 4.79. The van der Waals surface area contributed by atoms with E-state index in [2.05, 4.69) is 32.1 Å². The quantitative estimate of drug-likeness (QED) is 0.511. The second-order valence-corrected chi connectivity index (χ2v) is 4.27. The molecule has 0 spiro atoms. The van der Waals surface area contributed by atoms with Gasteiger partial charge in [-0.15, -0.1) is 11.8 Å². The van der Waals surface area contributed by atoms with Crippen LogP contribution in [0.4, 0.5) is 0 Å². The van der Waals surface area contributed by atoms with Gasteiger partial charge < -0.3 is 0 Å². The molecule has 0 N–H and O–H groups in total. The predicted molar refractivity (Wildman–Crippen MR) is 47.0 cm³/mol. The van der Waals surface area contributed by atoms with Crippen LogP contribution in [0.2, 0.25) is 0 Å². The Morgan fingerprint density at radius 3 is 3.00 bits per heavy atom. The lowest BCUT2D eigenvalue weighted by molar-refractivity contribution is 1.18. The molecule has 0 aromatic rings. The molecule has 52 valence electrons. The van der Waals surface area contributed by atoms with E-state index in [1.807, 2.05) is 11.8 Å². The molecule has 0 saturated heterocycles. The van der Waals surface area contributed by atoms with Crippen LogP contribution >= 0.6 is 11.8 Å². The maximum absolute atomic E-state index is 2.26. The third-order valence-corrected chi connectivity index (χ3v) is 3.20. The number of allylic oxidation sites excluding steroid dienone is 5. The second-order valence-electron chi connectivity index (χ2n) is 2.71. The molecule has 1 heteroatoms. The molecule has 1 aliphatic carbocycles. The van der Waals surface area contributed by atoms with Crippen molar-refractivity contribution >= 4 is 11.8 Å². The summed E-state index contributed by atoms with van der Waals surface area (Å²) in [6.45, 7) is 4.47. The first-order valence-electron chi connectivity index (χ1n) is 3.55. The molecule has 1 atom stereocenters. The molecular weight excluding hydrogens is 140 g/mol. The van der Waals surface area contributed by atoms with Crippen LogP contribution < -0.4 is 0 Å². The van der Waals surface area contributed by atoms with Gasteiger partial charge in [0.15, 0.2) is 0 Å². The van der Waals surface area contributed by atoms with Crippen LogP contribution in [0, 0.1) is 0 Å². The summed E-state index contributed by atoms with van der Waals surface area (Å²) in [4.78, 5) is 1.48. The molecule has 1 unspecified atom stereocenters. The Hall–Kier alpha value is -0.430. The average molecular weight is 150 g/mol. The highest BCUT2D eigenvalue weighted by molar-refractivity contribution is 8.04. The molecule has 0 saturated carbocycles. The lowest BCUT2D eigenvalue weighted by Gasteiger charge is -2.00. The minimum absolute atomic E-state index is 0.685. The van der Waals surface area contributed by atoms with Gasteiger partial charge in [0.25, 0.3) is 0 Å². The van der Waals surface area contributed by atoms with E-state index in [9.17, 15) is 0 Å². The molecule has 0 nitrogen and oxygen atoms in total. The highest BCUT2D eigenvalue weighted by Gasteiger charge is 2.24. The molecule has 0 fully saturated rings. The summed E-state index contributed by atoms with van der Waals surface area (Å²) in [5.41, 5.74) is 2.99. The van der Waals surface area contributed by atoms with E-state index >= 15 is 0 Å². The highest BCUT2D eigenvalue weighted by atomic mass is 32.2. The molecule has 0 amide bonds. The third-order valence-electron chi connectivity index (χ3n) is 2.02. The maximum Gasteiger partial charge on any atom is 0.0319 e. The molecule has 1 aliphatic heterocycles. The standard InChI is InChI=1S/C9H10S/c1-6-8-4-3-5-9(8)7(2)10-6/h3-6H,1-2H3. The summed E-state index contributed by atoms with van der Waals surface area (Å²) in [7, 11) is 0. The van der Waals surface area contributed by atoms with E-state index in [-0.39, 0.29) is 0 Å². The Bertz CT molecular complexity index is 256. The zero-order chi connectivity index (χ0) is 7.14. The van der Waals surface area contributed by atoms with E-state index in [1.165, 1.54) is 16.1 Å². The SMILES string of the molecule is CC1=C2C=CC=C2C(C)S1. The minimum atomic E-state index is 0.685. The lowest BCUT2D eigenvalue weighted by Crippen LogP contribution is -1.92. The molecule has 2 rings (SSSR count). The van der Waals surface area contributed by atoms with Gasteiger partial charge in [0.1, 0.15) is 0 Å². The zero-order valence-corrected chi connectivity index (χ0v) is 7.03. The Balaban J connectivity index is 2.48. The largest absolute Gasteiger partial charge is 0.122 e. The molecule has 2 aliphatic rings. The summed E-state index contributed by atoms with van der Waals surface area (Å²) in [5, 5.41) is 0.685. The molecule has 0 radical (unpaired) electrons. The molecule has 0 aromatic heterocycles. The molecule has 1 heterocycles. The Kier molecular flexibility index (Phi) is 1.27. The fourth-order valence-corrected chi connectivity index (χ4v) is 2.68. The van der Waals surface area contributed by atoms with Gasteiger partial charge in [0.2, 0.25) is 0 Å². The van der Waals surface area contributed by atoms with Crippen molar-refractivity contribution in [3.8, 4) is 0 Å². The van der Waals surface area contributed by atoms with Gasteiger partial charge >= 0.3 is 0 Å². The summed E-state index contributed by atoms with van der Waals surface area (Å²) in [5.74, 6) is 0. The van der Waals surface area contributed by atoms with Crippen LogP contribution in [-0.2, 0) is 0 Å². The van der Waals surface area contributed by atoms with Crippen molar-refractivity contribution < 1.29 is 0 Å². The first-order valence-corrected chi connectivity index (χ1v) is 4.43. The third kappa shape index (κ3) is 0.702. The molecular formula is C9H10S. The fourth-order valence-electron chi connectivity index (χ4n) is 1.50. The van der Waals surface area contributed by atoms with Crippen LogP contribution in [0.3, 0.4) is 0 Å². The molecule has 0 aromatic carbocycles. The number of hydrogen-bond donors (Lipinski definition) is 0. The van der Waals surface area contributed by atoms with E-state index < -0.39 is 0 Å². The Morgan fingerprint density at radius 1 is 1.50 bits per heavy atom. The number of rotatable bonds is 0. The van der Waals surface area contributed by atoms with Gasteiger partial charge in [-0.05, 0) is 29.9 Å². The topological polar surface area (TPSA) is 0 Å². The van der Waals surface area contributed by atoms with Crippen molar-refractivity contribution in [2.24, 2.45) is 0 Å². The molecule has 10 heavy (non-hydrogen) atoms. The highest BCUT2D eigenvalue weighted by Crippen LogP contribution is 2.43. The number of thioether (sulfide) groups is 1. The van der Waals surface area contributed by atoms with Gasteiger partial charge in [0.05, 0.1) is 0 Å². The van der Waals surface area contributed by atoms with E-state index in [1.54, 1.807) is 0 Å². The monoisotopic (exact) mass is 150 g/mol. The van der Waals surface area contributed by atoms with Crippen LogP contribution in [0.1, 0.15) is 13.8 Å². The van der Waals surface area contributed by atoms with E-state index in [0.29, 0.717) is 5.25 Å². The van der Waals surface area contributed by atoms with Crippen LogP contribution in [0.5, 0.6) is 0 Å². The minimum Gasteiger partial charge on any atom is -0.122 e. The van der Waals surface area contributed by atoms with Crippen LogP contribution in [0.25, 0.3) is 0 Å². The van der Waals surface area contributed by atoms with E-state index in [0.717, 1.165) is 0 Å². The van der Waals surface area contributed by atoms with Crippen molar-refractivity contribution in [3.63, 3.8) is 0 Å². The first kappa shape index (κ1) is 6.29. The number of hydrogen-bond acceptors (Lipinski definition) is 1. The normalized spacial score (nSPS) is 29.4. The zero-order valence-electron chi connectivity index (χ0n) is 6.22. The fraction of sp³-hybridized carbons (Fsp3) is 0.333. The summed E-state index contributed by atoms with van der Waals surface area (Å²) < 4.78 is 0. The van der Waals surface area contributed by atoms with Gasteiger partial charge in [0, 0.05) is 5.25 Å². The van der Waals surface area contributed by atoms with Gasteiger partial charge in [-0.25, -0.2) is 0 Å². The summed E-state index contributed by atoms with van der Waals surface area (Å²) in [6, 6.07) is 0.